The van der Waals surface area contributed by atoms with E-state index in [2.05, 4.69) is 20.4 Å². The molecule has 0 aliphatic heterocycles. The van der Waals surface area contributed by atoms with Crippen LogP contribution in [0.3, 0.4) is 0 Å². The monoisotopic (exact) mass is 326 g/mol. The molecule has 24 heavy (non-hydrogen) atoms. The van der Waals surface area contributed by atoms with Crippen molar-refractivity contribution in [2.45, 2.75) is 27.7 Å². The van der Waals surface area contributed by atoms with Crippen LogP contribution in [0.4, 0.5) is 0 Å². The second-order valence-corrected chi connectivity index (χ2v) is 5.67. The molecule has 124 valence electrons. The predicted molar refractivity (Wildman–Crippen MR) is 90.1 cm³/mol. The van der Waals surface area contributed by atoms with Crippen LogP contribution in [0, 0.1) is 20.8 Å². The van der Waals surface area contributed by atoms with E-state index in [4.69, 9.17) is 4.74 Å². The van der Waals surface area contributed by atoms with Gasteiger partial charge in [-0.1, -0.05) is 0 Å². The molecule has 3 rings (SSSR count). The van der Waals surface area contributed by atoms with Crippen molar-refractivity contribution in [1.82, 2.24) is 20.4 Å². The molecule has 0 unspecified atom stereocenters. The van der Waals surface area contributed by atoms with E-state index < -0.39 is 5.97 Å². The molecule has 7 heteroatoms. The Bertz CT molecular complexity index is 1000. The van der Waals surface area contributed by atoms with Gasteiger partial charge < -0.3 is 4.74 Å². The zero-order valence-corrected chi connectivity index (χ0v) is 14.0. The SMILES string of the molecule is CCOC(=O)c1c(C)cc2c(-c3cc(C)[nH]n3)n[nH]c(=O)c2c1C. The van der Waals surface area contributed by atoms with E-state index in [0.717, 1.165) is 11.3 Å². The van der Waals surface area contributed by atoms with Crippen molar-refractivity contribution in [3.8, 4) is 11.4 Å². The molecule has 0 saturated carbocycles. The third-order valence-corrected chi connectivity index (χ3v) is 3.95. The Hall–Kier alpha value is -2.96. The fourth-order valence-corrected chi connectivity index (χ4v) is 2.94. The fraction of sp³-hybridized carbons (Fsp3) is 0.294. The number of fused-ring (bicyclic) bond motifs is 1. The first kappa shape index (κ1) is 15.9. The molecule has 2 aromatic heterocycles. The highest BCUT2D eigenvalue weighted by Crippen LogP contribution is 2.29. The number of aromatic amines is 2. The highest BCUT2D eigenvalue weighted by molar-refractivity contribution is 6.03. The molecule has 0 radical (unpaired) electrons. The Morgan fingerprint density at radius 1 is 1.17 bits per heavy atom. The lowest BCUT2D eigenvalue weighted by Gasteiger charge is -2.13. The summed E-state index contributed by atoms with van der Waals surface area (Å²) in [5.41, 5.74) is 3.49. The molecule has 0 atom stereocenters. The molecular weight excluding hydrogens is 308 g/mol. The van der Waals surface area contributed by atoms with Gasteiger partial charge in [0, 0.05) is 11.1 Å². The first-order chi connectivity index (χ1) is 11.4. The van der Waals surface area contributed by atoms with Gasteiger partial charge in [0.25, 0.3) is 5.56 Å². The number of hydrogen-bond acceptors (Lipinski definition) is 5. The van der Waals surface area contributed by atoms with Crippen LogP contribution >= 0.6 is 0 Å². The van der Waals surface area contributed by atoms with E-state index in [-0.39, 0.29) is 12.2 Å². The molecule has 0 aliphatic rings. The van der Waals surface area contributed by atoms with E-state index in [9.17, 15) is 9.59 Å². The van der Waals surface area contributed by atoms with Crippen molar-refractivity contribution in [2.75, 3.05) is 6.61 Å². The van der Waals surface area contributed by atoms with Gasteiger partial charge in [-0.15, -0.1) is 0 Å². The van der Waals surface area contributed by atoms with Crippen molar-refractivity contribution in [3.05, 3.63) is 44.9 Å². The molecule has 0 amide bonds. The number of esters is 1. The Balaban J connectivity index is 2.36. The Kier molecular flexibility index (Phi) is 3.92. The van der Waals surface area contributed by atoms with Crippen LogP contribution in [0.15, 0.2) is 16.9 Å². The first-order valence-electron chi connectivity index (χ1n) is 7.66. The number of carbonyl (C=O) groups excluding carboxylic acids is 1. The lowest BCUT2D eigenvalue weighted by atomic mass is 9.95. The van der Waals surface area contributed by atoms with E-state index in [1.165, 1.54) is 0 Å². The predicted octanol–water partition coefficient (Wildman–Crippen LogP) is 2.42. The molecule has 2 heterocycles. The highest BCUT2D eigenvalue weighted by Gasteiger charge is 2.21. The van der Waals surface area contributed by atoms with Gasteiger partial charge in [0.2, 0.25) is 0 Å². The number of carbonyl (C=O) groups is 1. The summed E-state index contributed by atoms with van der Waals surface area (Å²) >= 11 is 0. The summed E-state index contributed by atoms with van der Waals surface area (Å²) in [6.45, 7) is 7.48. The summed E-state index contributed by atoms with van der Waals surface area (Å²) < 4.78 is 5.11. The number of H-pyrrole nitrogens is 2. The van der Waals surface area contributed by atoms with Gasteiger partial charge in [-0.05, 0) is 51.0 Å². The minimum Gasteiger partial charge on any atom is -0.462 e. The number of hydrogen-bond donors (Lipinski definition) is 2. The maximum atomic E-state index is 12.3. The number of aromatic nitrogens is 4. The molecule has 1 aromatic carbocycles. The van der Waals surface area contributed by atoms with Gasteiger partial charge in [0.1, 0.15) is 11.4 Å². The van der Waals surface area contributed by atoms with Crippen molar-refractivity contribution >= 4 is 16.7 Å². The topological polar surface area (TPSA) is 101 Å². The van der Waals surface area contributed by atoms with Gasteiger partial charge in [-0.3, -0.25) is 9.89 Å². The van der Waals surface area contributed by atoms with E-state index in [0.29, 0.717) is 33.3 Å². The van der Waals surface area contributed by atoms with E-state index in [1.807, 2.05) is 19.9 Å². The second kappa shape index (κ2) is 5.92. The standard InChI is InChI=1S/C17H18N4O3/c1-5-24-17(23)13-8(2)6-11-14(10(13)4)16(22)21-20-15(11)12-7-9(3)18-19-12/h6-7H,5H2,1-4H3,(H,18,19)(H,21,22). The van der Waals surface area contributed by atoms with Crippen LogP contribution in [-0.2, 0) is 4.74 Å². The van der Waals surface area contributed by atoms with Crippen LogP contribution in [-0.4, -0.2) is 33.0 Å². The smallest absolute Gasteiger partial charge is 0.338 e. The quantitative estimate of drug-likeness (QED) is 0.720. The Morgan fingerprint density at radius 3 is 2.54 bits per heavy atom. The Morgan fingerprint density at radius 2 is 1.92 bits per heavy atom. The van der Waals surface area contributed by atoms with Gasteiger partial charge in [-0.25, -0.2) is 9.89 Å². The van der Waals surface area contributed by atoms with Crippen molar-refractivity contribution < 1.29 is 9.53 Å². The Labute approximate surface area is 138 Å². The fourth-order valence-electron chi connectivity index (χ4n) is 2.94. The maximum absolute atomic E-state index is 12.3. The van der Waals surface area contributed by atoms with Crippen LogP contribution < -0.4 is 5.56 Å². The van der Waals surface area contributed by atoms with Gasteiger partial charge >= 0.3 is 5.97 Å². The summed E-state index contributed by atoms with van der Waals surface area (Å²) in [4.78, 5) is 24.6. The summed E-state index contributed by atoms with van der Waals surface area (Å²) in [6, 6.07) is 3.64. The number of benzene rings is 1. The average molecular weight is 326 g/mol. The normalized spacial score (nSPS) is 11.0. The minimum atomic E-state index is -0.428. The number of rotatable bonds is 3. The zero-order valence-electron chi connectivity index (χ0n) is 14.0. The number of ether oxygens (including phenoxy) is 1. The van der Waals surface area contributed by atoms with Gasteiger partial charge in [-0.2, -0.15) is 10.2 Å². The second-order valence-electron chi connectivity index (χ2n) is 5.67. The first-order valence-corrected chi connectivity index (χ1v) is 7.66. The number of aryl methyl sites for hydroxylation is 3. The van der Waals surface area contributed by atoms with Gasteiger partial charge in [0.15, 0.2) is 0 Å². The van der Waals surface area contributed by atoms with Crippen LogP contribution in [0.25, 0.3) is 22.2 Å². The third kappa shape index (κ3) is 2.47. The van der Waals surface area contributed by atoms with E-state index in [1.54, 1.807) is 19.9 Å². The zero-order chi connectivity index (χ0) is 17.4. The molecule has 3 aromatic rings. The van der Waals surface area contributed by atoms with Crippen LogP contribution in [0.5, 0.6) is 0 Å². The van der Waals surface area contributed by atoms with E-state index >= 15 is 0 Å². The van der Waals surface area contributed by atoms with Crippen LogP contribution in [0.1, 0.15) is 34.1 Å². The summed E-state index contributed by atoms with van der Waals surface area (Å²) in [5, 5.41) is 14.8. The molecule has 0 fully saturated rings. The maximum Gasteiger partial charge on any atom is 0.338 e. The third-order valence-electron chi connectivity index (χ3n) is 3.95. The molecule has 0 aliphatic carbocycles. The summed E-state index contributed by atoms with van der Waals surface area (Å²) in [5.74, 6) is -0.428. The number of nitrogens with zero attached hydrogens (tertiary/aromatic N) is 2. The largest absolute Gasteiger partial charge is 0.462 e. The lowest BCUT2D eigenvalue weighted by molar-refractivity contribution is 0.0525. The molecule has 0 saturated heterocycles. The average Bonchev–Trinajstić information content (AvgIpc) is 2.93. The summed E-state index contributed by atoms with van der Waals surface area (Å²) in [7, 11) is 0. The molecule has 0 bridgehead atoms. The van der Waals surface area contributed by atoms with Gasteiger partial charge in [0.05, 0.1) is 17.6 Å². The number of nitrogens with one attached hydrogen (secondary N) is 2. The molecule has 7 nitrogen and oxygen atoms in total. The molecular formula is C17H18N4O3. The van der Waals surface area contributed by atoms with Crippen LogP contribution in [0.2, 0.25) is 0 Å². The molecule has 2 N–H and O–H groups in total. The van der Waals surface area contributed by atoms with Crippen molar-refractivity contribution in [3.63, 3.8) is 0 Å². The van der Waals surface area contributed by atoms with Crippen molar-refractivity contribution in [2.24, 2.45) is 0 Å². The summed E-state index contributed by atoms with van der Waals surface area (Å²) in [6.07, 6.45) is 0. The minimum absolute atomic E-state index is 0.278. The lowest BCUT2D eigenvalue weighted by Crippen LogP contribution is -2.15. The highest BCUT2D eigenvalue weighted by atomic mass is 16.5. The van der Waals surface area contributed by atoms with Crippen molar-refractivity contribution in [1.29, 1.82) is 0 Å². The molecule has 0 spiro atoms.